The lowest BCUT2D eigenvalue weighted by atomic mass is 10.3. The molecule has 2 heterocycles. The Morgan fingerprint density at radius 3 is 2.59 bits per heavy atom. The fourth-order valence-electron chi connectivity index (χ4n) is 1.66. The number of rotatable bonds is 4. The first-order valence-corrected chi connectivity index (χ1v) is 7.72. The molecule has 0 atom stereocenters. The zero-order chi connectivity index (χ0) is 20.0. The number of ether oxygens (including phenoxy) is 3. The van der Waals surface area contributed by atoms with Gasteiger partial charge in [0.05, 0.1) is 13.3 Å². The number of nitrogens with zero attached hydrogens (tertiary/aromatic N) is 3. The van der Waals surface area contributed by atoms with Crippen LogP contribution in [-0.2, 0) is 0 Å². The van der Waals surface area contributed by atoms with E-state index < -0.39 is 18.9 Å². The predicted octanol–water partition coefficient (Wildman–Crippen LogP) is 2.44. The van der Waals surface area contributed by atoms with Gasteiger partial charge >= 0.3 is 12.3 Å². The molecule has 0 aliphatic carbocycles. The van der Waals surface area contributed by atoms with Gasteiger partial charge < -0.3 is 19.9 Å². The van der Waals surface area contributed by atoms with Crippen LogP contribution in [-0.4, -0.2) is 40.9 Å². The summed E-state index contributed by atoms with van der Waals surface area (Å²) in [6, 6.07) is 1.34. The van der Waals surface area contributed by atoms with Crippen molar-refractivity contribution in [1.82, 2.24) is 15.0 Å². The molecule has 1 amide bonds. The molecule has 142 valence electrons. The highest BCUT2D eigenvalue weighted by Crippen LogP contribution is 2.27. The fraction of sp³-hybridized carbons (Fsp3) is 0.200. The van der Waals surface area contributed by atoms with E-state index >= 15 is 0 Å². The highest BCUT2D eigenvalue weighted by atomic mass is 79.9. The Hall–Kier alpha value is -3.07. The van der Waals surface area contributed by atoms with Gasteiger partial charge in [0, 0.05) is 6.07 Å². The summed E-state index contributed by atoms with van der Waals surface area (Å²) in [6.45, 7) is -1.51. The van der Waals surface area contributed by atoms with Crippen molar-refractivity contribution >= 4 is 22.0 Å². The van der Waals surface area contributed by atoms with Gasteiger partial charge in [-0.05, 0) is 27.8 Å². The van der Waals surface area contributed by atoms with Crippen LogP contribution < -0.4 is 19.9 Å². The van der Waals surface area contributed by atoms with E-state index in [1.54, 1.807) is 0 Å². The Balaban J connectivity index is 2.28. The number of alkyl halides is 3. The highest BCUT2D eigenvalue weighted by Gasteiger charge is 2.29. The smallest absolute Gasteiger partial charge is 0.422 e. The maximum Gasteiger partial charge on any atom is 0.422 e. The number of primary amides is 1. The van der Waals surface area contributed by atoms with Gasteiger partial charge in [-0.1, -0.05) is 0 Å². The van der Waals surface area contributed by atoms with E-state index in [2.05, 4.69) is 52.2 Å². The maximum absolute atomic E-state index is 12.3. The lowest BCUT2D eigenvalue weighted by molar-refractivity contribution is -0.154. The van der Waals surface area contributed by atoms with Gasteiger partial charge in [-0.25, -0.2) is 19.7 Å². The van der Waals surface area contributed by atoms with Gasteiger partial charge in [0.2, 0.25) is 5.88 Å². The molecule has 0 bridgehead atoms. The van der Waals surface area contributed by atoms with E-state index in [0.29, 0.717) is 0 Å². The minimum absolute atomic E-state index is 0.0504. The Morgan fingerprint density at radius 2 is 1.96 bits per heavy atom. The molecule has 0 saturated heterocycles. The van der Waals surface area contributed by atoms with Crippen LogP contribution in [0.2, 0.25) is 0 Å². The molecule has 12 heteroatoms. The van der Waals surface area contributed by atoms with E-state index in [0.717, 1.165) is 6.33 Å². The summed E-state index contributed by atoms with van der Waals surface area (Å²) in [6.07, 6.45) is -3.32. The Bertz CT molecular complexity index is 912. The summed E-state index contributed by atoms with van der Waals surface area (Å²) in [5, 5.41) is 0. The second kappa shape index (κ2) is 8.54. The third-order valence-electron chi connectivity index (χ3n) is 2.70. The number of aromatic nitrogens is 3. The van der Waals surface area contributed by atoms with Gasteiger partial charge in [-0.2, -0.15) is 13.2 Å². The third-order valence-corrected chi connectivity index (χ3v) is 3.41. The molecule has 2 aromatic rings. The molecule has 0 unspecified atom stereocenters. The van der Waals surface area contributed by atoms with Crippen molar-refractivity contribution in [2.24, 2.45) is 5.73 Å². The second-order valence-electron chi connectivity index (χ2n) is 4.64. The average Bonchev–Trinajstić information content (AvgIpc) is 2.59. The van der Waals surface area contributed by atoms with Crippen LogP contribution in [0.3, 0.4) is 0 Å². The summed E-state index contributed by atoms with van der Waals surface area (Å²) >= 11 is 3.05. The largest absolute Gasteiger partial charge is 0.494 e. The Morgan fingerprint density at radius 1 is 1.26 bits per heavy atom. The molecule has 2 rings (SSSR count). The number of nitrogens with two attached hydrogens (primary N) is 1. The van der Waals surface area contributed by atoms with Crippen LogP contribution in [0.25, 0.3) is 0 Å². The molecule has 0 aromatic carbocycles. The zero-order valence-corrected chi connectivity index (χ0v) is 15.1. The summed E-state index contributed by atoms with van der Waals surface area (Å²) in [4.78, 5) is 22.2. The van der Waals surface area contributed by atoms with E-state index in [9.17, 15) is 18.0 Å². The van der Waals surface area contributed by atoms with Crippen LogP contribution in [0.4, 0.5) is 18.0 Å². The number of carbonyl (C=O) groups excluding carboxylic acids is 1. The van der Waals surface area contributed by atoms with Crippen LogP contribution in [0.5, 0.6) is 17.4 Å². The predicted molar refractivity (Wildman–Crippen MR) is 88.3 cm³/mol. The SMILES string of the molecule is COc1cc(OC(N)=O)cnc1C#Cc1ncnc(OCC(F)(F)F)c1Br. The quantitative estimate of drug-likeness (QED) is 0.718. The molecule has 8 nitrogen and oxygen atoms in total. The minimum Gasteiger partial charge on any atom is -0.494 e. The number of methoxy groups -OCH3 is 1. The molecule has 0 aliphatic heterocycles. The first kappa shape index (κ1) is 20.2. The highest BCUT2D eigenvalue weighted by molar-refractivity contribution is 9.10. The number of carbonyl (C=O) groups is 1. The van der Waals surface area contributed by atoms with Crippen molar-refractivity contribution in [3.63, 3.8) is 0 Å². The second-order valence-corrected chi connectivity index (χ2v) is 5.43. The summed E-state index contributed by atoms with van der Waals surface area (Å²) < 4.78 is 51.2. The first-order valence-electron chi connectivity index (χ1n) is 6.93. The molecular formula is C15H10BrF3N4O4. The molecule has 0 fully saturated rings. The van der Waals surface area contributed by atoms with Crippen LogP contribution in [0, 0.1) is 11.8 Å². The average molecular weight is 447 g/mol. The van der Waals surface area contributed by atoms with Gasteiger partial charge in [0.25, 0.3) is 0 Å². The lowest BCUT2D eigenvalue weighted by Gasteiger charge is -2.09. The van der Waals surface area contributed by atoms with Gasteiger partial charge in [0.15, 0.2) is 23.8 Å². The van der Waals surface area contributed by atoms with Crippen molar-refractivity contribution in [2.75, 3.05) is 13.7 Å². The van der Waals surface area contributed by atoms with Crippen molar-refractivity contribution in [3.8, 4) is 29.2 Å². The molecule has 0 saturated carbocycles. The first-order chi connectivity index (χ1) is 12.7. The summed E-state index contributed by atoms with van der Waals surface area (Å²) in [5.41, 5.74) is 5.15. The van der Waals surface area contributed by atoms with Crippen LogP contribution >= 0.6 is 15.9 Å². The molecule has 0 aliphatic rings. The number of hydrogen-bond acceptors (Lipinski definition) is 7. The van der Waals surface area contributed by atoms with Gasteiger partial charge in [-0.3, -0.25) is 0 Å². The van der Waals surface area contributed by atoms with E-state index in [-0.39, 0.29) is 33.2 Å². The van der Waals surface area contributed by atoms with E-state index in [1.165, 1.54) is 19.4 Å². The lowest BCUT2D eigenvalue weighted by Crippen LogP contribution is -2.20. The summed E-state index contributed by atoms with van der Waals surface area (Å²) in [7, 11) is 1.35. The number of hydrogen-bond donors (Lipinski definition) is 1. The van der Waals surface area contributed by atoms with Crippen molar-refractivity contribution in [1.29, 1.82) is 0 Å². The monoisotopic (exact) mass is 446 g/mol. The van der Waals surface area contributed by atoms with Crippen molar-refractivity contribution < 1.29 is 32.2 Å². The molecule has 2 N–H and O–H groups in total. The molecule has 0 spiro atoms. The van der Waals surface area contributed by atoms with Crippen molar-refractivity contribution in [2.45, 2.75) is 6.18 Å². The van der Waals surface area contributed by atoms with E-state index in [1.807, 2.05) is 0 Å². The molecule has 0 radical (unpaired) electrons. The Labute approximate surface area is 159 Å². The number of pyridine rings is 1. The van der Waals surface area contributed by atoms with Gasteiger partial charge in [0.1, 0.15) is 16.5 Å². The molecular weight excluding hydrogens is 437 g/mol. The van der Waals surface area contributed by atoms with Crippen molar-refractivity contribution in [3.05, 3.63) is 34.5 Å². The topological polar surface area (TPSA) is 109 Å². The minimum atomic E-state index is -4.51. The molecule has 27 heavy (non-hydrogen) atoms. The zero-order valence-electron chi connectivity index (χ0n) is 13.5. The summed E-state index contributed by atoms with van der Waals surface area (Å²) in [5.74, 6) is 5.19. The fourth-order valence-corrected chi connectivity index (χ4v) is 2.08. The maximum atomic E-state index is 12.3. The van der Waals surface area contributed by atoms with Gasteiger partial charge in [-0.15, -0.1) is 0 Å². The number of halogens is 4. The normalized spacial score (nSPS) is 10.6. The third kappa shape index (κ3) is 6.00. The van der Waals surface area contributed by atoms with Crippen LogP contribution in [0.15, 0.2) is 23.1 Å². The Kier molecular flexibility index (Phi) is 6.40. The van der Waals surface area contributed by atoms with E-state index in [4.69, 9.17) is 10.5 Å². The molecule has 2 aromatic heterocycles. The standard InChI is InChI=1S/C15H10BrF3N4O4/c1-25-11-4-8(27-14(20)24)5-21-9(11)2-3-10-12(16)13(23-7-22-10)26-6-15(17,18)19/h4-5,7H,6H2,1H3,(H2,20,24). The van der Waals surface area contributed by atoms with Crippen LogP contribution in [0.1, 0.15) is 11.4 Å². The number of amides is 1.